The number of para-hydroxylation sites is 1. The fourth-order valence-corrected chi connectivity index (χ4v) is 5.01. The van der Waals surface area contributed by atoms with E-state index >= 15 is 0 Å². The molecular formula is C22H23N3OS2. The van der Waals surface area contributed by atoms with Gasteiger partial charge in [0.25, 0.3) is 5.91 Å². The largest absolute Gasteiger partial charge is 0.356 e. The smallest absolute Gasteiger partial charge is 0.266 e. The maximum absolute atomic E-state index is 12.8. The van der Waals surface area contributed by atoms with Gasteiger partial charge in [-0.15, -0.1) is 6.58 Å². The first kappa shape index (κ1) is 19.2. The molecule has 144 valence electrons. The number of pyridine rings is 1. The second kappa shape index (κ2) is 8.05. The summed E-state index contributed by atoms with van der Waals surface area (Å²) in [6.45, 7) is 8.26. The Bertz CT molecular complexity index is 993. The number of amides is 1. The van der Waals surface area contributed by atoms with E-state index in [1.54, 1.807) is 11.0 Å². The van der Waals surface area contributed by atoms with Crippen molar-refractivity contribution in [1.29, 1.82) is 0 Å². The first-order valence-corrected chi connectivity index (χ1v) is 10.8. The topological polar surface area (TPSA) is 36.4 Å². The van der Waals surface area contributed by atoms with Gasteiger partial charge in [0.05, 0.1) is 10.4 Å². The molecule has 0 aliphatic carbocycles. The molecule has 0 saturated carbocycles. The maximum Gasteiger partial charge on any atom is 0.266 e. The summed E-state index contributed by atoms with van der Waals surface area (Å²) in [7, 11) is 0. The van der Waals surface area contributed by atoms with E-state index in [9.17, 15) is 4.79 Å². The van der Waals surface area contributed by atoms with Gasteiger partial charge in [-0.25, -0.2) is 4.98 Å². The minimum Gasteiger partial charge on any atom is -0.356 e. The monoisotopic (exact) mass is 409 g/mol. The van der Waals surface area contributed by atoms with E-state index in [1.807, 2.05) is 12.1 Å². The molecule has 2 fully saturated rings. The summed E-state index contributed by atoms with van der Waals surface area (Å²) >= 11 is 6.74. The van der Waals surface area contributed by atoms with Crippen molar-refractivity contribution >= 4 is 57.0 Å². The van der Waals surface area contributed by atoms with E-state index in [-0.39, 0.29) is 5.91 Å². The zero-order chi connectivity index (χ0) is 19.7. The highest BCUT2D eigenvalue weighted by Gasteiger charge is 2.31. The number of rotatable bonds is 4. The van der Waals surface area contributed by atoms with Crippen LogP contribution in [0, 0.1) is 6.92 Å². The van der Waals surface area contributed by atoms with Gasteiger partial charge >= 0.3 is 0 Å². The number of thiocarbonyl (C=S) groups is 1. The Balaban J connectivity index is 1.82. The molecule has 0 atom stereocenters. The second-order valence-electron chi connectivity index (χ2n) is 7.18. The quantitative estimate of drug-likeness (QED) is 0.407. The van der Waals surface area contributed by atoms with E-state index < -0.39 is 0 Å². The molecule has 0 N–H and O–H groups in total. The van der Waals surface area contributed by atoms with Gasteiger partial charge in [-0.1, -0.05) is 48.3 Å². The van der Waals surface area contributed by atoms with Crippen molar-refractivity contribution in [2.75, 3.05) is 24.5 Å². The number of fused-ring (bicyclic) bond motifs is 1. The summed E-state index contributed by atoms with van der Waals surface area (Å²) in [4.78, 5) is 22.4. The molecule has 3 heterocycles. The van der Waals surface area contributed by atoms with Gasteiger partial charge in [0.15, 0.2) is 0 Å². The van der Waals surface area contributed by atoms with Gasteiger partial charge < -0.3 is 4.90 Å². The van der Waals surface area contributed by atoms with Crippen LogP contribution in [0.25, 0.3) is 17.0 Å². The lowest BCUT2D eigenvalue weighted by atomic mass is 10.1. The van der Waals surface area contributed by atoms with Crippen LogP contribution in [0.15, 0.2) is 41.8 Å². The number of hydrogen-bond donors (Lipinski definition) is 0. The standard InChI is InChI=1S/C22H23N3OS2/c1-3-10-25-21(26)18(28-22(25)27)14-17-13-16-9-7-8-15(2)19(16)23-20(17)24-11-5-4-6-12-24/h3,7-9,13-14H,1,4-6,10-12H2,2H3/b18-14-. The SMILES string of the molecule is C=CCN1C(=O)/C(=C/c2cc3cccc(C)c3nc2N2CCCCC2)SC1=S. The molecule has 2 aliphatic rings. The second-order valence-corrected chi connectivity index (χ2v) is 8.85. The molecule has 1 amide bonds. The van der Waals surface area contributed by atoms with Crippen molar-refractivity contribution in [3.05, 3.63) is 53.0 Å². The van der Waals surface area contributed by atoms with E-state index in [0.717, 1.165) is 35.4 Å². The van der Waals surface area contributed by atoms with Gasteiger partial charge in [-0.3, -0.25) is 9.69 Å². The summed E-state index contributed by atoms with van der Waals surface area (Å²) < 4.78 is 0.584. The van der Waals surface area contributed by atoms with Crippen LogP contribution < -0.4 is 4.90 Å². The molecule has 1 aromatic heterocycles. The van der Waals surface area contributed by atoms with E-state index in [2.05, 4.69) is 36.6 Å². The molecule has 4 rings (SSSR count). The van der Waals surface area contributed by atoms with Crippen molar-refractivity contribution in [2.45, 2.75) is 26.2 Å². The van der Waals surface area contributed by atoms with Gasteiger partial charge in [0.2, 0.25) is 0 Å². The Morgan fingerprint density at radius 3 is 2.82 bits per heavy atom. The van der Waals surface area contributed by atoms with Crippen LogP contribution in [-0.2, 0) is 4.79 Å². The number of carbonyl (C=O) groups is 1. The third-order valence-corrected chi connectivity index (χ3v) is 6.56. The Kier molecular flexibility index (Phi) is 5.51. The zero-order valence-corrected chi connectivity index (χ0v) is 17.6. The summed E-state index contributed by atoms with van der Waals surface area (Å²) in [6.07, 6.45) is 7.27. The number of benzene rings is 1. The number of hydrogen-bond acceptors (Lipinski definition) is 5. The third-order valence-electron chi connectivity index (χ3n) is 5.18. The highest BCUT2D eigenvalue weighted by Crippen LogP contribution is 2.35. The molecule has 1 aromatic carbocycles. The molecule has 0 radical (unpaired) electrons. The average molecular weight is 410 g/mol. The average Bonchev–Trinajstić information content (AvgIpc) is 2.96. The number of piperidine rings is 1. The lowest BCUT2D eigenvalue weighted by molar-refractivity contribution is -0.121. The van der Waals surface area contributed by atoms with Crippen LogP contribution in [-0.4, -0.2) is 39.7 Å². The summed E-state index contributed by atoms with van der Waals surface area (Å²) in [5, 5.41) is 1.09. The molecule has 6 heteroatoms. The molecule has 28 heavy (non-hydrogen) atoms. The van der Waals surface area contributed by atoms with Crippen LogP contribution >= 0.6 is 24.0 Å². The van der Waals surface area contributed by atoms with E-state index in [4.69, 9.17) is 17.2 Å². The maximum atomic E-state index is 12.8. The minimum absolute atomic E-state index is 0.0520. The lowest BCUT2D eigenvalue weighted by Gasteiger charge is -2.29. The summed E-state index contributed by atoms with van der Waals surface area (Å²) in [6, 6.07) is 8.37. The molecule has 0 unspecified atom stereocenters. The van der Waals surface area contributed by atoms with Crippen molar-refractivity contribution in [3.8, 4) is 0 Å². The van der Waals surface area contributed by atoms with Crippen LogP contribution in [0.4, 0.5) is 5.82 Å². The number of anilines is 1. The lowest BCUT2D eigenvalue weighted by Crippen LogP contribution is -2.31. The van der Waals surface area contributed by atoms with E-state index in [0.29, 0.717) is 15.8 Å². The van der Waals surface area contributed by atoms with E-state index in [1.165, 1.54) is 36.6 Å². The molecule has 0 spiro atoms. The van der Waals surface area contributed by atoms with Gasteiger partial charge in [0.1, 0.15) is 10.1 Å². The fourth-order valence-electron chi connectivity index (χ4n) is 3.75. The van der Waals surface area contributed by atoms with Crippen molar-refractivity contribution < 1.29 is 4.79 Å². The fraction of sp³-hybridized carbons (Fsp3) is 0.318. The summed E-state index contributed by atoms with van der Waals surface area (Å²) in [5.74, 6) is 0.916. The highest BCUT2D eigenvalue weighted by atomic mass is 32.2. The van der Waals surface area contributed by atoms with Gasteiger partial charge in [-0.2, -0.15) is 0 Å². The predicted molar refractivity (Wildman–Crippen MR) is 123 cm³/mol. The van der Waals surface area contributed by atoms with Crippen LogP contribution in [0.5, 0.6) is 0 Å². The number of carbonyl (C=O) groups excluding carboxylic acids is 1. The molecule has 2 aliphatic heterocycles. The minimum atomic E-state index is -0.0520. The Hall–Kier alpha value is -2.18. The predicted octanol–water partition coefficient (Wildman–Crippen LogP) is 4.92. The van der Waals surface area contributed by atoms with Gasteiger partial charge in [0, 0.05) is 30.6 Å². The third kappa shape index (κ3) is 3.59. The van der Waals surface area contributed by atoms with Crippen LogP contribution in [0.1, 0.15) is 30.4 Å². The molecule has 0 bridgehead atoms. The van der Waals surface area contributed by atoms with Crippen molar-refractivity contribution in [1.82, 2.24) is 9.88 Å². The number of aryl methyl sites for hydroxylation is 1. The molecule has 2 aromatic rings. The van der Waals surface area contributed by atoms with Gasteiger partial charge in [-0.05, 0) is 43.9 Å². The first-order valence-electron chi connectivity index (χ1n) is 9.60. The normalized spacial score (nSPS) is 19.1. The Morgan fingerprint density at radius 2 is 2.07 bits per heavy atom. The zero-order valence-electron chi connectivity index (χ0n) is 16.0. The molecule has 2 saturated heterocycles. The first-order chi connectivity index (χ1) is 13.6. The number of thioether (sulfide) groups is 1. The van der Waals surface area contributed by atoms with Crippen molar-refractivity contribution in [2.24, 2.45) is 0 Å². The van der Waals surface area contributed by atoms with Crippen LogP contribution in [0.2, 0.25) is 0 Å². The van der Waals surface area contributed by atoms with Crippen molar-refractivity contribution in [3.63, 3.8) is 0 Å². The summed E-state index contributed by atoms with van der Waals surface area (Å²) in [5.41, 5.74) is 3.18. The molecular weight excluding hydrogens is 386 g/mol. The highest BCUT2D eigenvalue weighted by molar-refractivity contribution is 8.26. The number of nitrogens with zero attached hydrogens (tertiary/aromatic N) is 3. The number of aromatic nitrogens is 1. The van der Waals surface area contributed by atoms with Crippen LogP contribution in [0.3, 0.4) is 0 Å². The Morgan fingerprint density at radius 1 is 1.29 bits per heavy atom. The molecule has 4 nitrogen and oxygen atoms in total. The Labute approximate surface area is 175 Å².